The summed E-state index contributed by atoms with van der Waals surface area (Å²) in [5, 5.41) is 2.82. The fraction of sp³-hybridized carbons (Fsp3) is 0.440. The molecule has 0 aliphatic rings. The highest BCUT2D eigenvalue weighted by Gasteiger charge is 2.29. The highest BCUT2D eigenvalue weighted by atomic mass is 32.2. The molecule has 35 heavy (non-hydrogen) atoms. The molecular weight excluding hydrogens is 476 g/mol. The summed E-state index contributed by atoms with van der Waals surface area (Å²) in [6.07, 6.45) is 1.39. The Bertz CT molecular complexity index is 1110. The number of halogens is 2. The Morgan fingerprint density at radius 1 is 1.03 bits per heavy atom. The lowest BCUT2D eigenvalue weighted by molar-refractivity contribution is -0.141. The summed E-state index contributed by atoms with van der Waals surface area (Å²) in [4.78, 5) is 27.5. The molecule has 0 aliphatic heterocycles. The molecule has 0 heterocycles. The summed E-state index contributed by atoms with van der Waals surface area (Å²) < 4.78 is 53.1. The fourth-order valence-electron chi connectivity index (χ4n) is 3.72. The lowest BCUT2D eigenvalue weighted by Gasteiger charge is -2.31. The zero-order valence-electron chi connectivity index (χ0n) is 20.5. The maximum Gasteiger partial charge on any atom is 0.243 e. The van der Waals surface area contributed by atoms with Crippen molar-refractivity contribution in [3.63, 3.8) is 0 Å². The summed E-state index contributed by atoms with van der Waals surface area (Å²) >= 11 is 0. The summed E-state index contributed by atoms with van der Waals surface area (Å²) in [5.41, 5.74) is 0.563. The number of sulfonamides is 1. The highest BCUT2D eigenvalue weighted by Crippen LogP contribution is 2.22. The molecule has 10 heteroatoms. The van der Waals surface area contributed by atoms with E-state index in [0.29, 0.717) is 12.0 Å². The molecule has 192 valence electrons. The molecule has 2 aromatic rings. The van der Waals surface area contributed by atoms with Gasteiger partial charge in [-0.05, 0) is 56.5 Å². The van der Waals surface area contributed by atoms with Crippen molar-refractivity contribution in [1.82, 2.24) is 10.2 Å². The van der Waals surface area contributed by atoms with Gasteiger partial charge in [0.25, 0.3) is 0 Å². The van der Waals surface area contributed by atoms with Crippen LogP contribution in [0.2, 0.25) is 0 Å². The summed E-state index contributed by atoms with van der Waals surface area (Å²) in [7, 11) is -3.79. The normalized spacial score (nSPS) is 12.3. The second kappa shape index (κ2) is 12.6. The van der Waals surface area contributed by atoms with Gasteiger partial charge >= 0.3 is 0 Å². The molecule has 0 saturated carbocycles. The molecule has 0 bridgehead atoms. The Balaban J connectivity index is 2.22. The first-order chi connectivity index (χ1) is 16.4. The number of anilines is 1. The van der Waals surface area contributed by atoms with Crippen molar-refractivity contribution < 1.29 is 26.8 Å². The van der Waals surface area contributed by atoms with Gasteiger partial charge in [0.2, 0.25) is 21.8 Å². The van der Waals surface area contributed by atoms with Crippen LogP contribution in [0.4, 0.5) is 14.5 Å². The quantitative estimate of drug-likeness (QED) is 0.471. The molecule has 0 aromatic heterocycles. The molecule has 0 fully saturated rings. The second-order valence-electron chi connectivity index (χ2n) is 8.63. The first-order valence-electron chi connectivity index (χ1n) is 11.5. The second-order valence-corrected chi connectivity index (χ2v) is 10.5. The van der Waals surface area contributed by atoms with Crippen LogP contribution in [0, 0.1) is 11.6 Å². The zero-order valence-corrected chi connectivity index (χ0v) is 21.3. The molecule has 7 nitrogen and oxygen atoms in total. The van der Waals surface area contributed by atoms with Gasteiger partial charge in [-0.25, -0.2) is 17.2 Å². The van der Waals surface area contributed by atoms with E-state index < -0.39 is 27.7 Å². The molecular formula is C25H33F2N3O4S. The van der Waals surface area contributed by atoms with Gasteiger partial charge in [-0.2, -0.15) is 0 Å². The molecule has 0 aliphatic carbocycles. The first kappa shape index (κ1) is 28.2. The SMILES string of the molecule is CC[C@@H](C(=O)NC(C)C)N(Cc1ccc(F)cc1)C(=O)CCCN(c1ccccc1F)S(C)(=O)=O. The van der Waals surface area contributed by atoms with Crippen molar-refractivity contribution in [1.29, 1.82) is 0 Å². The third-order valence-corrected chi connectivity index (χ3v) is 6.54. The minimum absolute atomic E-state index is 0.0624. The third kappa shape index (κ3) is 8.31. The number of carbonyl (C=O) groups is 2. The fourth-order valence-corrected chi connectivity index (χ4v) is 4.69. The van der Waals surface area contributed by atoms with Crippen LogP contribution in [0.25, 0.3) is 0 Å². The summed E-state index contributed by atoms with van der Waals surface area (Å²) in [5.74, 6) is -1.76. The molecule has 0 radical (unpaired) electrons. The van der Waals surface area contributed by atoms with Gasteiger partial charge in [0.15, 0.2) is 0 Å². The van der Waals surface area contributed by atoms with E-state index in [-0.39, 0.29) is 49.5 Å². The van der Waals surface area contributed by atoms with Crippen LogP contribution in [0.15, 0.2) is 48.5 Å². The minimum atomic E-state index is -3.79. The average molecular weight is 510 g/mol. The van der Waals surface area contributed by atoms with E-state index in [9.17, 15) is 26.8 Å². The Hall–Kier alpha value is -3.01. The number of benzene rings is 2. The first-order valence-corrected chi connectivity index (χ1v) is 13.3. The van der Waals surface area contributed by atoms with Gasteiger partial charge in [0.1, 0.15) is 17.7 Å². The zero-order chi connectivity index (χ0) is 26.2. The minimum Gasteiger partial charge on any atom is -0.352 e. The van der Waals surface area contributed by atoms with Crippen molar-refractivity contribution in [2.24, 2.45) is 0 Å². The molecule has 2 rings (SSSR count). The van der Waals surface area contributed by atoms with E-state index >= 15 is 0 Å². The van der Waals surface area contributed by atoms with Crippen LogP contribution >= 0.6 is 0 Å². The lowest BCUT2D eigenvalue weighted by Crippen LogP contribution is -2.50. The van der Waals surface area contributed by atoms with Crippen molar-refractivity contribution in [2.75, 3.05) is 17.1 Å². The maximum atomic E-state index is 14.2. The average Bonchev–Trinajstić information content (AvgIpc) is 2.77. The summed E-state index contributed by atoms with van der Waals surface area (Å²) in [6.45, 7) is 5.41. The molecule has 2 amide bonds. The predicted molar refractivity (Wildman–Crippen MR) is 132 cm³/mol. The Morgan fingerprint density at radius 2 is 1.66 bits per heavy atom. The number of carbonyl (C=O) groups excluding carboxylic acids is 2. The third-order valence-electron chi connectivity index (χ3n) is 5.36. The summed E-state index contributed by atoms with van der Waals surface area (Å²) in [6, 6.07) is 10.3. The Kier molecular flexibility index (Phi) is 10.2. The van der Waals surface area contributed by atoms with Gasteiger partial charge < -0.3 is 10.2 Å². The van der Waals surface area contributed by atoms with Crippen molar-refractivity contribution in [3.05, 3.63) is 65.7 Å². The van der Waals surface area contributed by atoms with Crippen LogP contribution in [0.3, 0.4) is 0 Å². The van der Waals surface area contributed by atoms with Gasteiger partial charge in [-0.3, -0.25) is 13.9 Å². The predicted octanol–water partition coefficient (Wildman–Crippen LogP) is 3.84. The topological polar surface area (TPSA) is 86.8 Å². The number of rotatable bonds is 12. The number of hydrogen-bond acceptors (Lipinski definition) is 4. The van der Waals surface area contributed by atoms with Gasteiger partial charge in [0.05, 0.1) is 11.9 Å². The van der Waals surface area contributed by atoms with Crippen LogP contribution in [0.1, 0.15) is 45.6 Å². The Labute approximate surface area is 206 Å². The van der Waals surface area contributed by atoms with Crippen LogP contribution < -0.4 is 9.62 Å². The molecule has 0 saturated heterocycles. The lowest BCUT2D eigenvalue weighted by atomic mass is 10.1. The van der Waals surface area contributed by atoms with Gasteiger partial charge in [0, 0.05) is 25.6 Å². The van der Waals surface area contributed by atoms with E-state index in [1.54, 1.807) is 19.1 Å². The highest BCUT2D eigenvalue weighted by molar-refractivity contribution is 7.92. The molecule has 0 spiro atoms. The van der Waals surface area contributed by atoms with E-state index in [2.05, 4.69) is 5.32 Å². The van der Waals surface area contributed by atoms with Crippen molar-refractivity contribution in [3.8, 4) is 0 Å². The molecule has 0 unspecified atom stereocenters. The van der Waals surface area contributed by atoms with E-state index in [1.807, 2.05) is 13.8 Å². The number of hydrogen-bond donors (Lipinski definition) is 1. The van der Waals surface area contributed by atoms with E-state index in [1.165, 1.54) is 41.3 Å². The van der Waals surface area contributed by atoms with Crippen molar-refractivity contribution in [2.45, 2.75) is 58.7 Å². The standard InChI is InChI=1S/C25H33F2N3O4S/c1-5-22(25(32)28-18(2)3)29(17-19-12-14-20(26)15-13-19)24(31)11-8-16-30(35(4,33)34)23-10-7-6-9-21(23)27/h6-7,9-10,12-15,18,22H,5,8,11,16-17H2,1-4H3,(H,28,32)/t22-/m0/s1. The monoisotopic (exact) mass is 509 g/mol. The number of nitrogens with one attached hydrogen (secondary N) is 1. The Morgan fingerprint density at radius 3 is 2.20 bits per heavy atom. The van der Waals surface area contributed by atoms with Crippen molar-refractivity contribution >= 4 is 27.5 Å². The number of nitrogens with zero attached hydrogens (tertiary/aromatic N) is 2. The van der Waals surface area contributed by atoms with Crippen LogP contribution in [0.5, 0.6) is 0 Å². The maximum absolute atomic E-state index is 14.2. The smallest absolute Gasteiger partial charge is 0.243 e. The van der Waals surface area contributed by atoms with Gasteiger partial charge in [-0.15, -0.1) is 0 Å². The van der Waals surface area contributed by atoms with Crippen LogP contribution in [-0.4, -0.2) is 50.0 Å². The largest absolute Gasteiger partial charge is 0.352 e. The molecule has 2 aromatic carbocycles. The van der Waals surface area contributed by atoms with Crippen LogP contribution in [-0.2, 0) is 26.2 Å². The molecule has 1 N–H and O–H groups in total. The van der Waals surface area contributed by atoms with Gasteiger partial charge in [-0.1, -0.05) is 31.2 Å². The number of amides is 2. The van der Waals surface area contributed by atoms with E-state index in [0.717, 1.165) is 10.6 Å². The van der Waals surface area contributed by atoms with E-state index in [4.69, 9.17) is 0 Å². The number of para-hydroxylation sites is 1. The molecule has 1 atom stereocenters.